The first-order valence-corrected chi connectivity index (χ1v) is 5.09. The molecule has 0 unspecified atom stereocenters. The SMILES string of the molecule is CCCOCCn1cc([N+](=O)[O-])c(C(=O)O)n1. The van der Waals surface area contributed by atoms with E-state index >= 15 is 0 Å². The molecule has 1 N–H and O–H groups in total. The maximum absolute atomic E-state index is 10.7. The smallest absolute Gasteiger partial charge is 0.363 e. The Morgan fingerprint density at radius 2 is 2.35 bits per heavy atom. The Kier molecular flexibility index (Phi) is 4.58. The molecular weight excluding hydrogens is 230 g/mol. The van der Waals surface area contributed by atoms with Crippen molar-refractivity contribution in [2.45, 2.75) is 19.9 Å². The standard InChI is InChI=1S/C9H13N3O5/c1-2-4-17-5-3-11-6-7(12(15)16)8(10-11)9(13)14/h6H,2-5H2,1H3,(H,13,14). The summed E-state index contributed by atoms with van der Waals surface area (Å²) in [5, 5.41) is 22.9. The zero-order chi connectivity index (χ0) is 12.8. The monoisotopic (exact) mass is 243 g/mol. The molecule has 1 aromatic heterocycles. The summed E-state index contributed by atoms with van der Waals surface area (Å²) in [5.74, 6) is -1.41. The van der Waals surface area contributed by atoms with Crippen molar-refractivity contribution in [3.8, 4) is 0 Å². The molecule has 0 saturated carbocycles. The number of rotatable bonds is 7. The van der Waals surface area contributed by atoms with Gasteiger partial charge >= 0.3 is 11.7 Å². The molecule has 0 aliphatic carbocycles. The molecule has 0 atom stereocenters. The van der Waals surface area contributed by atoms with Crippen LogP contribution >= 0.6 is 0 Å². The minimum atomic E-state index is -1.41. The lowest BCUT2D eigenvalue weighted by molar-refractivity contribution is -0.385. The molecular formula is C9H13N3O5. The summed E-state index contributed by atoms with van der Waals surface area (Å²) in [6.45, 7) is 3.18. The zero-order valence-corrected chi connectivity index (χ0v) is 9.33. The number of carboxylic acid groups (broad SMARTS) is 1. The van der Waals surface area contributed by atoms with Gasteiger partial charge < -0.3 is 9.84 Å². The predicted octanol–water partition coefficient (Wildman–Crippen LogP) is 0.916. The maximum Gasteiger partial charge on any atom is 0.363 e. The van der Waals surface area contributed by atoms with E-state index in [-0.39, 0.29) is 6.54 Å². The van der Waals surface area contributed by atoms with Gasteiger partial charge in [0.2, 0.25) is 5.69 Å². The van der Waals surface area contributed by atoms with Crippen molar-refractivity contribution >= 4 is 11.7 Å². The molecule has 0 radical (unpaired) electrons. The predicted molar refractivity (Wildman–Crippen MR) is 57.0 cm³/mol. The summed E-state index contributed by atoms with van der Waals surface area (Å²) >= 11 is 0. The Balaban J connectivity index is 2.71. The molecule has 94 valence electrons. The molecule has 8 nitrogen and oxygen atoms in total. The molecule has 0 fully saturated rings. The highest BCUT2D eigenvalue weighted by Gasteiger charge is 2.24. The van der Waals surface area contributed by atoms with Crippen LogP contribution in [0.25, 0.3) is 0 Å². The highest BCUT2D eigenvalue weighted by molar-refractivity contribution is 5.89. The minimum absolute atomic E-state index is 0.286. The fourth-order valence-electron chi connectivity index (χ4n) is 1.22. The van der Waals surface area contributed by atoms with E-state index in [1.807, 2.05) is 6.92 Å². The average Bonchev–Trinajstić information content (AvgIpc) is 2.69. The normalized spacial score (nSPS) is 10.4. The van der Waals surface area contributed by atoms with Crippen LogP contribution in [0.5, 0.6) is 0 Å². The number of nitrogens with zero attached hydrogens (tertiary/aromatic N) is 3. The Hall–Kier alpha value is -1.96. The van der Waals surface area contributed by atoms with Crippen molar-refractivity contribution in [2.24, 2.45) is 0 Å². The van der Waals surface area contributed by atoms with E-state index in [2.05, 4.69) is 5.10 Å². The third-order valence-corrected chi connectivity index (χ3v) is 1.95. The van der Waals surface area contributed by atoms with Gasteiger partial charge in [-0.05, 0) is 6.42 Å². The number of aromatic carboxylic acids is 1. The molecule has 0 amide bonds. The second kappa shape index (κ2) is 5.94. The van der Waals surface area contributed by atoms with E-state index in [0.29, 0.717) is 13.2 Å². The van der Waals surface area contributed by atoms with Crippen molar-refractivity contribution < 1.29 is 19.6 Å². The molecule has 0 aliphatic heterocycles. The van der Waals surface area contributed by atoms with Gasteiger partial charge in [0.1, 0.15) is 6.20 Å². The highest BCUT2D eigenvalue weighted by Crippen LogP contribution is 2.16. The summed E-state index contributed by atoms with van der Waals surface area (Å²) in [5.41, 5.74) is -1.06. The van der Waals surface area contributed by atoms with Crippen molar-refractivity contribution in [2.75, 3.05) is 13.2 Å². The second-order valence-electron chi connectivity index (χ2n) is 3.30. The van der Waals surface area contributed by atoms with Gasteiger partial charge in [-0.1, -0.05) is 6.92 Å². The number of hydrogen-bond donors (Lipinski definition) is 1. The first kappa shape index (κ1) is 13.1. The quantitative estimate of drug-likeness (QED) is 0.433. The van der Waals surface area contributed by atoms with Crippen molar-refractivity contribution in [3.63, 3.8) is 0 Å². The van der Waals surface area contributed by atoms with Gasteiger partial charge in [-0.25, -0.2) is 4.79 Å². The summed E-state index contributed by atoms with van der Waals surface area (Å²) in [4.78, 5) is 20.5. The first-order chi connectivity index (χ1) is 8.06. The fraction of sp³-hybridized carbons (Fsp3) is 0.556. The lowest BCUT2D eigenvalue weighted by atomic mass is 10.4. The lowest BCUT2D eigenvalue weighted by Gasteiger charge is -2.01. The first-order valence-electron chi connectivity index (χ1n) is 5.09. The average molecular weight is 243 g/mol. The third kappa shape index (κ3) is 3.52. The lowest BCUT2D eigenvalue weighted by Crippen LogP contribution is -2.08. The van der Waals surface area contributed by atoms with Crippen molar-refractivity contribution in [1.82, 2.24) is 9.78 Å². The van der Waals surface area contributed by atoms with E-state index in [0.717, 1.165) is 12.6 Å². The summed E-state index contributed by atoms with van der Waals surface area (Å²) in [6.07, 6.45) is 1.97. The summed E-state index contributed by atoms with van der Waals surface area (Å²) in [7, 11) is 0. The second-order valence-corrected chi connectivity index (χ2v) is 3.30. The number of ether oxygens (including phenoxy) is 1. The van der Waals surface area contributed by atoms with E-state index in [9.17, 15) is 14.9 Å². The highest BCUT2D eigenvalue weighted by atomic mass is 16.6. The van der Waals surface area contributed by atoms with E-state index in [4.69, 9.17) is 9.84 Å². The van der Waals surface area contributed by atoms with Crippen LogP contribution in [0.3, 0.4) is 0 Å². The van der Waals surface area contributed by atoms with Gasteiger partial charge in [0.15, 0.2) is 0 Å². The largest absolute Gasteiger partial charge is 0.476 e. The van der Waals surface area contributed by atoms with Crippen molar-refractivity contribution in [3.05, 3.63) is 22.0 Å². The molecule has 1 rings (SSSR count). The molecule has 0 aromatic carbocycles. The molecule has 1 aromatic rings. The maximum atomic E-state index is 10.7. The Labute approximate surface area is 97.0 Å². The van der Waals surface area contributed by atoms with Gasteiger partial charge in [0.05, 0.1) is 18.1 Å². The van der Waals surface area contributed by atoms with Crippen LogP contribution in [-0.4, -0.2) is 39.0 Å². The van der Waals surface area contributed by atoms with Gasteiger partial charge in [0.25, 0.3) is 0 Å². The number of carboxylic acids is 1. The van der Waals surface area contributed by atoms with Gasteiger partial charge in [-0.15, -0.1) is 0 Å². The summed E-state index contributed by atoms with van der Waals surface area (Å²) < 4.78 is 6.38. The van der Waals surface area contributed by atoms with Crippen LogP contribution in [0.1, 0.15) is 23.8 Å². The van der Waals surface area contributed by atoms with Crippen LogP contribution in [0.2, 0.25) is 0 Å². The van der Waals surface area contributed by atoms with Crippen LogP contribution in [0, 0.1) is 10.1 Å². The fourth-order valence-corrected chi connectivity index (χ4v) is 1.22. The minimum Gasteiger partial charge on any atom is -0.476 e. The van der Waals surface area contributed by atoms with E-state index in [1.54, 1.807) is 0 Å². The molecule has 0 saturated heterocycles. The summed E-state index contributed by atoms with van der Waals surface area (Å²) in [6, 6.07) is 0. The van der Waals surface area contributed by atoms with Crippen LogP contribution < -0.4 is 0 Å². The van der Waals surface area contributed by atoms with Crippen molar-refractivity contribution in [1.29, 1.82) is 0 Å². The van der Waals surface area contributed by atoms with E-state index < -0.39 is 22.3 Å². The Bertz CT molecular complexity index is 383. The third-order valence-electron chi connectivity index (χ3n) is 1.95. The number of carbonyl (C=O) groups is 1. The van der Waals surface area contributed by atoms with Gasteiger partial charge in [-0.3, -0.25) is 14.8 Å². The number of aromatic nitrogens is 2. The van der Waals surface area contributed by atoms with Gasteiger partial charge in [0, 0.05) is 6.61 Å². The number of hydrogen-bond acceptors (Lipinski definition) is 5. The van der Waals surface area contributed by atoms with Crippen LogP contribution in [0.15, 0.2) is 6.20 Å². The Morgan fingerprint density at radius 1 is 1.65 bits per heavy atom. The van der Waals surface area contributed by atoms with Crippen LogP contribution in [-0.2, 0) is 11.3 Å². The molecule has 1 heterocycles. The molecule has 0 bridgehead atoms. The zero-order valence-electron chi connectivity index (χ0n) is 9.33. The van der Waals surface area contributed by atoms with E-state index in [1.165, 1.54) is 4.68 Å². The van der Waals surface area contributed by atoms with Gasteiger partial charge in [-0.2, -0.15) is 5.10 Å². The Morgan fingerprint density at radius 3 is 2.82 bits per heavy atom. The molecule has 0 aliphatic rings. The van der Waals surface area contributed by atoms with Crippen LogP contribution in [0.4, 0.5) is 5.69 Å². The molecule has 8 heteroatoms. The molecule has 17 heavy (non-hydrogen) atoms. The molecule has 0 spiro atoms. The topological polar surface area (TPSA) is 107 Å². The number of nitro groups is 1.